The van der Waals surface area contributed by atoms with Crippen molar-refractivity contribution in [1.29, 1.82) is 0 Å². The predicted molar refractivity (Wildman–Crippen MR) is 80.8 cm³/mol. The summed E-state index contributed by atoms with van der Waals surface area (Å²) in [7, 11) is 1.86. The highest BCUT2D eigenvalue weighted by Gasteiger charge is 2.33. The zero-order valence-corrected chi connectivity index (χ0v) is 12.1. The molecule has 2 fully saturated rings. The van der Waals surface area contributed by atoms with Crippen LogP contribution in [-0.2, 0) is 4.79 Å². The molecule has 1 aromatic rings. The van der Waals surface area contributed by atoms with Gasteiger partial charge in [0.25, 0.3) is 0 Å². The second-order valence-electron chi connectivity index (χ2n) is 5.92. The molecule has 1 amide bonds. The van der Waals surface area contributed by atoms with Gasteiger partial charge in [-0.2, -0.15) is 0 Å². The van der Waals surface area contributed by atoms with Gasteiger partial charge in [0.15, 0.2) is 0 Å². The minimum Gasteiger partial charge on any atom is -0.314 e. The molecule has 2 atom stereocenters. The molecule has 0 spiro atoms. The number of anilines is 1. The fourth-order valence-corrected chi connectivity index (χ4v) is 3.36. The molecule has 1 aromatic carbocycles. The number of piperidine rings is 1. The Morgan fingerprint density at radius 3 is 2.95 bits per heavy atom. The van der Waals surface area contributed by atoms with Crippen LogP contribution < -0.4 is 10.2 Å². The molecule has 2 heterocycles. The predicted octanol–water partition coefficient (Wildman–Crippen LogP) is 1.33. The number of amides is 1. The van der Waals surface area contributed by atoms with E-state index in [9.17, 15) is 4.79 Å². The van der Waals surface area contributed by atoms with Crippen LogP contribution in [0.2, 0.25) is 0 Å². The molecule has 3 rings (SSSR count). The Bertz CT molecular complexity index is 462. The lowest BCUT2D eigenvalue weighted by atomic mass is 9.93. The number of carbonyl (C=O) groups excluding carboxylic acids is 1. The standard InChI is InChI=1S/C16H23N3O/c1-18(14-5-3-2-4-6-14)16(20)12-19-10-8-15-13(11-19)7-9-17-15/h2-6,13,15,17H,7-12H2,1H3. The number of hydrogen-bond acceptors (Lipinski definition) is 3. The first-order valence-electron chi connectivity index (χ1n) is 7.51. The number of nitrogens with zero attached hydrogens (tertiary/aromatic N) is 2. The monoisotopic (exact) mass is 273 g/mol. The van der Waals surface area contributed by atoms with Gasteiger partial charge in [-0.1, -0.05) is 18.2 Å². The molecule has 0 aliphatic carbocycles. The summed E-state index contributed by atoms with van der Waals surface area (Å²) in [5.41, 5.74) is 0.968. The number of para-hydroxylation sites is 1. The molecular weight excluding hydrogens is 250 g/mol. The zero-order valence-electron chi connectivity index (χ0n) is 12.1. The largest absolute Gasteiger partial charge is 0.314 e. The normalized spacial score (nSPS) is 26.2. The Kier molecular flexibility index (Phi) is 4.03. The van der Waals surface area contributed by atoms with Gasteiger partial charge in [0.2, 0.25) is 5.91 Å². The van der Waals surface area contributed by atoms with Crippen molar-refractivity contribution in [2.75, 3.05) is 38.1 Å². The number of carbonyl (C=O) groups is 1. The van der Waals surface area contributed by atoms with E-state index in [-0.39, 0.29) is 5.91 Å². The van der Waals surface area contributed by atoms with Crippen molar-refractivity contribution in [3.05, 3.63) is 30.3 Å². The number of benzene rings is 1. The van der Waals surface area contributed by atoms with Gasteiger partial charge in [0.1, 0.15) is 0 Å². The van der Waals surface area contributed by atoms with E-state index in [2.05, 4.69) is 10.2 Å². The van der Waals surface area contributed by atoms with Crippen LogP contribution in [0.1, 0.15) is 12.8 Å². The third-order valence-corrected chi connectivity index (χ3v) is 4.62. The van der Waals surface area contributed by atoms with Crippen molar-refractivity contribution >= 4 is 11.6 Å². The fraction of sp³-hybridized carbons (Fsp3) is 0.562. The maximum Gasteiger partial charge on any atom is 0.240 e. The van der Waals surface area contributed by atoms with Crippen LogP contribution in [0.25, 0.3) is 0 Å². The van der Waals surface area contributed by atoms with Crippen molar-refractivity contribution in [2.45, 2.75) is 18.9 Å². The van der Waals surface area contributed by atoms with Gasteiger partial charge >= 0.3 is 0 Å². The van der Waals surface area contributed by atoms with Crippen molar-refractivity contribution < 1.29 is 4.79 Å². The Hall–Kier alpha value is -1.39. The summed E-state index contributed by atoms with van der Waals surface area (Å²) >= 11 is 0. The van der Waals surface area contributed by atoms with Gasteiger partial charge in [-0.15, -0.1) is 0 Å². The van der Waals surface area contributed by atoms with Gasteiger partial charge in [0, 0.05) is 31.9 Å². The van der Waals surface area contributed by atoms with Crippen molar-refractivity contribution in [2.24, 2.45) is 5.92 Å². The molecule has 0 aromatic heterocycles. The average Bonchev–Trinajstić information content (AvgIpc) is 2.95. The molecule has 0 bridgehead atoms. The second-order valence-corrected chi connectivity index (χ2v) is 5.92. The molecule has 2 unspecified atom stereocenters. The summed E-state index contributed by atoms with van der Waals surface area (Å²) in [6.45, 7) is 3.77. The molecule has 0 saturated carbocycles. The third-order valence-electron chi connectivity index (χ3n) is 4.62. The molecule has 2 aliphatic rings. The Labute approximate surface area is 120 Å². The second kappa shape index (κ2) is 5.94. The summed E-state index contributed by atoms with van der Waals surface area (Å²) in [6.07, 6.45) is 2.43. The zero-order chi connectivity index (χ0) is 13.9. The number of fused-ring (bicyclic) bond motifs is 1. The quantitative estimate of drug-likeness (QED) is 0.902. The van der Waals surface area contributed by atoms with Crippen molar-refractivity contribution in [3.8, 4) is 0 Å². The topological polar surface area (TPSA) is 35.6 Å². The molecule has 4 nitrogen and oxygen atoms in total. The fourth-order valence-electron chi connectivity index (χ4n) is 3.36. The van der Waals surface area contributed by atoms with Crippen LogP contribution in [0.3, 0.4) is 0 Å². The maximum absolute atomic E-state index is 12.4. The lowest BCUT2D eigenvalue weighted by molar-refractivity contribution is -0.119. The third kappa shape index (κ3) is 2.86. The highest BCUT2D eigenvalue weighted by Crippen LogP contribution is 2.24. The summed E-state index contributed by atoms with van der Waals surface area (Å²) < 4.78 is 0. The van der Waals surface area contributed by atoms with Crippen molar-refractivity contribution in [1.82, 2.24) is 10.2 Å². The van der Waals surface area contributed by atoms with E-state index in [1.807, 2.05) is 37.4 Å². The molecule has 20 heavy (non-hydrogen) atoms. The van der Waals surface area contributed by atoms with E-state index in [1.54, 1.807) is 4.90 Å². The first-order valence-corrected chi connectivity index (χ1v) is 7.51. The van der Waals surface area contributed by atoms with Gasteiger partial charge in [-0.05, 0) is 37.4 Å². The maximum atomic E-state index is 12.4. The minimum absolute atomic E-state index is 0.181. The van der Waals surface area contributed by atoms with E-state index in [1.165, 1.54) is 12.8 Å². The molecule has 4 heteroatoms. The molecular formula is C16H23N3O. The summed E-state index contributed by atoms with van der Waals surface area (Å²) in [5, 5.41) is 3.56. The summed E-state index contributed by atoms with van der Waals surface area (Å²) in [6, 6.07) is 10.5. The first-order chi connectivity index (χ1) is 9.74. The van der Waals surface area contributed by atoms with Gasteiger partial charge in [0.05, 0.1) is 6.54 Å². The van der Waals surface area contributed by atoms with Crippen LogP contribution in [0, 0.1) is 5.92 Å². The highest BCUT2D eigenvalue weighted by atomic mass is 16.2. The Morgan fingerprint density at radius 2 is 2.15 bits per heavy atom. The molecule has 108 valence electrons. The van der Waals surface area contributed by atoms with E-state index in [0.717, 1.165) is 31.2 Å². The Morgan fingerprint density at radius 1 is 1.35 bits per heavy atom. The lowest BCUT2D eigenvalue weighted by Crippen LogP contribution is -2.48. The molecule has 0 radical (unpaired) electrons. The van der Waals surface area contributed by atoms with Gasteiger partial charge in [-0.25, -0.2) is 0 Å². The smallest absolute Gasteiger partial charge is 0.240 e. The van der Waals surface area contributed by atoms with Crippen LogP contribution in [0.15, 0.2) is 30.3 Å². The number of likely N-dealkylation sites (N-methyl/N-ethyl adjacent to an activating group) is 1. The molecule has 2 aliphatic heterocycles. The van der Waals surface area contributed by atoms with Crippen LogP contribution in [0.4, 0.5) is 5.69 Å². The number of rotatable bonds is 3. The Balaban J connectivity index is 1.56. The van der Waals surface area contributed by atoms with Crippen LogP contribution in [0.5, 0.6) is 0 Å². The summed E-state index contributed by atoms with van der Waals surface area (Å²) in [4.78, 5) is 16.5. The van der Waals surface area contributed by atoms with Gasteiger partial charge < -0.3 is 10.2 Å². The van der Waals surface area contributed by atoms with E-state index < -0.39 is 0 Å². The van der Waals surface area contributed by atoms with Crippen molar-refractivity contribution in [3.63, 3.8) is 0 Å². The number of likely N-dealkylation sites (tertiary alicyclic amines) is 1. The van der Waals surface area contributed by atoms with E-state index in [4.69, 9.17) is 0 Å². The van der Waals surface area contributed by atoms with E-state index >= 15 is 0 Å². The first kappa shape index (κ1) is 13.6. The van der Waals surface area contributed by atoms with Gasteiger partial charge in [-0.3, -0.25) is 9.69 Å². The highest BCUT2D eigenvalue weighted by molar-refractivity contribution is 5.94. The van der Waals surface area contributed by atoms with Crippen LogP contribution >= 0.6 is 0 Å². The summed E-state index contributed by atoms with van der Waals surface area (Å²) in [5.74, 6) is 0.916. The number of nitrogens with one attached hydrogen (secondary N) is 1. The number of hydrogen-bond donors (Lipinski definition) is 1. The van der Waals surface area contributed by atoms with Crippen LogP contribution in [-0.4, -0.2) is 50.1 Å². The minimum atomic E-state index is 0.181. The average molecular weight is 273 g/mol. The van der Waals surface area contributed by atoms with E-state index in [0.29, 0.717) is 12.6 Å². The lowest BCUT2D eigenvalue weighted by Gasteiger charge is -2.35. The molecule has 2 saturated heterocycles. The SMILES string of the molecule is CN(C(=O)CN1CCC2NCCC2C1)c1ccccc1. The molecule has 1 N–H and O–H groups in total.